The number of aryl methyl sites for hydroxylation is 2. The largest absolute Gasteiger partial charge is 0.484 e. The van der Waals surface area contributed by atoms with Crippen molar-refractivity contribution in [1.82, 2.24) is 5.32 Å². The van der Waals surface area contributed by atoms with E-state index in [-0.39, 0.29) is 19.1 Å². The predicted octanol–water partition coefficient (Wildman–Crippen LogP) is 2.35. The van der Waals surface area contributed by atoms with Gasteiger partial charge in [0.15, 0.2) is 6.61 Å². The molecule has 4 nitrogen and oxygen atoms in total. The highest BCUT2D eigenvalue weighted by atomic mass is 16.5. The topological polar surface area (TPSA) is 58.6 Å². The van der Waals surface area contributed by atoms with E-state index < -0.39 is 5.54 Å². The molecule has 112 valence electrons. The van der Waals surface area contributed by atoms with E-state index >= 15 is 0 Å². The molecular weight excluding hydrogens is 254 g/mol. The second-order valence-corrected chi connectivity index (χ2v) is 5.25. The van der Waals surface area contributed by atoms with Gasteiger partial charge in [-0.3, -0.25) is 4.79 Å². The van der Waals surface area contributed by atoms with E-state index in [0.29, 0.717) is 18.6 Å². The SMILES string of the molecule is CCC(CC)(CO)NC(=O)COc1ccc(C)cc1C. The van der Waals surface area contributed by atoms with Gasteiger partial charge in [-0.2, -0.15) is 0 Å². The Morgan fingerprint density at radius 3 is 2.45 bits per heavy atom. The van der Waals surface area contributed by atoms with E-state index in [1.165, 1.54) is 0 Å². The first-order chi connectivity index (χ1) is 9.46. The van der Waals surface area contributed by atoms with E-state index in [9.17, 15) is 9.90 Å². The molecule has 0 heterocycles. The Morgan fingerprint density at radius 2 is 1.95 bits per heavy atom. The Labute approximate surface area is 121 Å². The molecule has 1 aromatic carbocycles. The first-order valence-electron chi connectivity index (χ1n) is 7.08. The smallest absolute Gasteiger partial charge is 0.258 e. The number of ether oxygens (including phenoxy) is 1. The first-order valence-corrected chi connectivity index (χ1v) is 7.08. The van der Waals surface area contributed by atoms with Gasteiger partial charge in [0.05, 0.1) is 12.1 Å². The number of aliphatic hydroxyl groups excluding tert-OH is 1. The maximum absolute atomic E-state index is 11.9. The number of benzene rings is 1. The van der Waals surface area contributed by atoms with Crippen LogP contribution in [0.5, 0.6) is 5.75 Å². The lowest BCUT2D eigenvalue weighted by Crippen LogP contribution is -2.51. The highest BCUT2D eigenvalue weighted by Crippen LogP contribution is 2.19. The molecule has 0 spiro atoms. The molecule has 0 aliphatic heterocycles. The van der Waals surface area contributed by atoms with Crippen molar-refractivity contribution >= 4 is 5.91 Å². The minimum atomic E-state index is -0.539. The molecule has 0 aromatic heterocycles. The number of carbonyl (C=O) groups is 1. The standard InChI is InChI=1S/C16H25NO3/c1-5-16(6-2,11-18)17-15(19)10-20-14-8-7-12(3)9-13(14)4/h7-9,18H,5-6,10-11H2,1-4H3,(H,17,19). The van der Waals surface area contributed by atoms with Crippen LogP contribution >= 0.6 is 0 Å². The summed E-state index contributed by atoms with van der Waals surface area (Å²) in [6.45, 7) is 7.77. The average Bonchev–Trinajstić information content (AvgIpc) is 2.44. The van der Waals surface area contributed by atoms with Crippen LogP contribution in [0, 0.1) is 13.8 Å². The molecule has 0 unspecified atom stereocenters. The number of hydrogen-bond acceptors (Lipinski definition) is 3. The Kier molecular flexibility index (Phi) is 6.02. The van der Waals surface area contributed by atoms with E-state index in [2.05, 4.69) is 5.32 Å². The van der Waals surface area contributed by atoms with Crippen molar-refractivity contribution in [3.63, 3.8) is 0 Å². The Balaban J connectivity index is 2.59. The minimum Gasteiger partial charge on any atom is -0.484 e. The maximum atomic E-state index is 11.9. The molecule has 1 rings (SSSR count). The molecular formula is C16H25NO3. The Bertz CT molecular complexity index is 445. The molecule has 0 atom stereocenters. The van der Waals surface area contributed by atoms with Crippen LogP contribution in [0.25, 0.3) is 0 Å². The van der Waals surface area contributed by atoms with Crippen molar-refractivity contribution in [2.24, 2.45) is 0 Å². The zero-order valence-corrected chi connectivity index (χ0v) is 12.8. The summed E-state index contributed by atoms with van der Waals surface area (Å²) < 4.78 is 5.54. The Hall–Kier alpha value is -1.55. The van der Waals surface area contributed by atoms with Crippen LogP contribution < -0.4 is 10.1 Å². The lowest BCUT2D eigenvalue weighted by Gasteiger charge is -2.30. The zero-order valence-electron chi connectivity index (χ0n) is 12.8. The van der Waals surface area contributed by atoms with Crippen molar-refractivity contribution < 1.29 is 14.6 Å². The first kappa shape index (κ1) is 16.5. The van der Waals surface area contributed by atoms with Crippen molar-refractivity contribution in [2.45, 2.75) is 46.1 Å². The Morgan fingerprint density at radius 1 is 1.30 bits per heavy atom. The normalized spacial score (nSPS) is 11.2. The molecule has 0 aliphatic rings. The highest BCUT2D eigenvalue weighted by molar-refractivity contribution is 5.78. The van der Waals surface area contributed by atoms with Gasteiger partial charge in [-0.1, -0.05) is 31.5 Å². The molecule has 1 aromatic rings. The van der Waals surface area contributed by atoms with Crippen molar-refractivity contribution in [1.29, 1.82) is 0 Å². The van der Waals surface area contributed by atoms with Crippen LogP contribution in [0.3, 0.4) is 0 Å². The van der Waals surface area contributed by atoms with Crippen LogP contribution in [0.4, 0.5) is 0 Å². The highest BCUT2D eigenvalue weighted by Gasteiger charge is 2.27. The van der Waals surface area contributed by atoms with Gasteiger partial charge in [0.2, 0.25) is 0 Å². The van der Waals surface area contributed by atoms with Crippen LogP contribution in [0.2, 0.25) is 0 Å². The van der Waals surface area contributed by atoms with E-state index in [1.54, 1.807) is 0 Å². The summed E-state index contributed by atoms with van der Waals surface area (Å²) in [6, 6.07) is 5.84. The molecule has 2 N–H and O–H groups in total. The fourth-order valence-electron chi connectivity index (χ4n) is 2.13. The van der Waals surface area contributed by atoms with Crippen LogP contribution in [0.15, 0.2) is 18.2 Å². The fraction of sp³-hybridized carbons (Fsp3) is 0.562. The third-order valence-electron chi connectivity index (χ3n) is 3.75. The van der Waals surface area contributed by atoms with Crippen LogP contribution in [0.1, 0.15) is 37.8 Å². The van der Waals surface area contributed by atoms with Gasteiger partial charge >= 0.3 is 0 Å². The molecule has 1 amide bonds. The molecule has 0 bridgehead atoms. The minimum absolute atomic E-state index is 0.0361. The molecule has 4 heteroatoms. The second kappa shape index (κ2) is 7.29. The number of hydrogen-bond donors (Lipinski definition) is 2. The summed E-state index contributed by atoms with van der Waals surface area (Å²) in [4.78, 5) is 11.9. The molecule has 0 fully saturated rings. The third kappa shape index (κ3) is 4.23. The number of amides is 1. The quantitative estimate of drug-likeness (QED) is 0.805. The molecule has 0 saturated heterocycles. The molecule has 0 radical (unpaired) electrons. The van der Waals surface area contributed by atoms with Crippen molar-refractivity contribution in [3.05, 3.63) is 29.3 Å². The van der Waals surface area contributed by atoms with Gasteiger partial charge in [-0.15, -0.1) is 0 Å². The number of rotatable bonds is 7. The van der Waals surface area contributed by atoms with Crippen molar-refractivity contribution in [2.75, 3.05) is 13.2 Å². The van der Waals surface area contributed by atoms with Gasteiger partial charge in [-0.05, 0) is 38.3 Å². The van der Waals surface area contributed by atoms with Gasteiger partial charge in [-0.25, -0.2) is 0 Å². The van der Waals surface area contributed by atoms with Gasteiger partial charge < -0.3 is 15.2 Å². The number of carbonyl (C=O) groups excluding carboxylic acids is 1. The molecule has 0 saturated carbocycles. The maximum Gasteiger partial charge on any atom is 0.258 e. The van der Waals surface area contributed by atoms with Gasteiger partial charge in [0.25, 0.3) is 5.91 Å². The molecule has 0 aliphatic carbocycles. The summed E-state index contributed by atoms with van der Waals surface area (Å²) >= 11 is 0. The number of aliphatic hydroxyl groups is 1. The summed E-state index contributed by atoms with van der Waals surface area (Å²) in [6.07, 6.45) is 1.38. The fourth-order valence-corrected chi connectivity index (χ4v) is 2.13. The lowest BCUT2D eigenvalue weighted by atomic mass is 9.94. The van der Waals surface area contributed by atoms with Crippen molar-refractivity contribution in [3.8, 4) is 5.75 Å². The van der Waals surface area contributed by atoms with E-state index in [4.69, 9.17) is 4.74 Å². The zero-order chi connectivity index (χ0) is 15.2. The van der Waals surface area contributed by atoms with Gasteiger partial charge in [0, 0.05) is 0 Å². The second-order valence-electron chi connectivity index (χ2n) is 5.25. The number of nitrogens with one attached hydrogen (secondary N) is 1. The van der Waals surface area contributed by atoms with Crippen LogP contribution in [-0.2, 0) is 4.79 Å². The lowest BCUT2D eigenvalue weighted by molar-refractivity contribution is -0.125. The third-order valence-corrected chi connectivity index (χ3v) is 3.75. The summed E-state index contributed by atoms with van der Waals surface area (Å²) in [5.41, 5.74) is 1.63. The summed E-state index contributed by atoms with van der Waals surface area (Å²) in [7, 11) is 0. The van der Waals surface area contributed by atoms with E-state index in [0.717, 1.165) is 11.1 Å². The van der Waals surface area contributed by atoms with Gasteiger partial charge in [0.1, 0.15) is 5.75 Å². The summed E-state index contributed by atoms with van der Waals surface area (Å²) in [5.74, 6) is 0.510. The molecule has 20 heavy (non-hydrogen) atoms. The average molecular weight is 279 g/mol. The monoisotopic (exact) mass is 279 g/mol. The van der Waals surface area contributed by atoms with Crippen LogP contribution in [-0.4, -0.2) is 29.8 Å². The predicted molar refractivity (Wildman–Crippen MR) is 80.0 cm³/mol. The van der Waals surface area contributed by atoms with E-state index in [1.807, 2.05) is 45.9 Å². The summed E-state index contributed by atoms with van der Waals surface area (Å²) in [5, 5.41) is 12.3.